The third-order valence-electron chi connectivity index (χ3n) is 5.17. The quantitative estimate of drug-likeness (QED) is 0.698. The lowest BCUT2D eigenvalue weighted by Gasteiger charge is -2.25. The van der Waals surface area contributed by atoms with Gasteiger partial charge in [-0.25, -0.2) is 9.59 Å². The lowest BCUT2D eigenvalue weighted by Crippen LogP contribution is -2.51. The van der Waals surface area contributed by atoms with Crippen molar-refractivity contribution in [3.8, 4) is 0 Å². The number of likely N-dealkylation sites (tertiary alicyclic amines) is 1. The summed E-state index contributed by atoms with van der Waals surface area (Å²) in [7, 11) is 0. The van der Waals surface area contributed by atoms with E-state index >= 15 is 0 Å². The third-order valence-corrected chi connectivity index (χ3v) is 5.17. The molecule has 2 N–H and O–H groups in total. The largest absolute Gasteiger partial charge is 0.480 e. The maximum atomic E-state index is 12.7. The van der Waals surface area contributed by atoms with Gasteiger partial charge in [0.25, 0.3) is 0 Å². The van der Waals surface area contributed by atoms with Crippen molar-refractivity contribution < 1.29 is 24.2 Å². The molecule has 1 saturated heterocycles. The van der Waals surface area contributed by atoms with Crippen molar-refractivity contribution in [2.24, 2.45) is 0 Å². The molecular formula is C23H26N2O5. The molecule has 3 rings (SSSR count). The molecular weight excluding hydrogens is 384 g/mol. The van der Waals surface area contributed by atoms with Crippen molar-refractivity contribution in [2.75, 3.05) is 6.54 Å². The van der Waals surface area contributed by atoms with Crippen molar-refractivity contribution in [1.29, 1.82) is 0 Å². The summed E-state index contributed by atoms with van der Waals surface area (Å²) in [5, 5.41) is 12.1. The van der Waals surface area contributed by atoms with Gasteiger partial charge >= 0.3 is 12.1 Å². The number of nitrogens with zero attached hydrogens (tertiary/aromatic N) is 1. The number of rotatable bonds is 8. The molecule has 7 heteroatoms. The topological polar surface area (TPSA) is 95.9 Å². The molecule has 30 heavy (non-hydrogen) atoms. The van der Waals surface area contributed by atoms with E-state index in [1.54, 1.807) is 0 Å². The smallest absolute Gasteiger partial charge is 0.410 e. The fourth-order valence-electron chi connectivity index (χ4n) is 3.54. The monoisotopic (exact) mass is 410 g/mol. The number of carboxylic acid groups (broad SMARTS) is 1. The number of amides is 2. The SMILES string of the molecule is O=C(N[C@H](CCc1ccccc1)C(=O)O)[C@H]1CCCN1C(=O)OCc1ccccc1. The molecule has 7 nitrogen and oxygen atoms in total. The highest BCUT2D eigenvalue weighted by Crippen LogP contribution is 2.19. The first-order chi connectivity index (χ1) is 14.5. The highest BCUT2D eigenvalue weighted by atomic mass is 16.6. The Morgan fingerprint density at radius 3 is 2.30 bits per heavy atom. The van der Waals surface area contributed by atoms with Crippen molar-refractivity contribution in [3.63, 3.8) is 0 Å². The van der Waals surface area contributed by atoms with Gasteiger partial charge in [0.05, 0.1) is 0 Å². The second kappa shape index (κ2) is 10.4. The third kappa shape index (κ3) is 5.83. The van der Waals surface area contributed by atoms with Gasteiger partial charge in [-0.3, -0.25) is 9.69 Å². The summed E-state index contributed by atoms with van der Waals surface area (Å²) in [5.74, 6) is -1.54. The van der Waals surface area contributed by atoms with Crippen LogP contribution in [0.1, 0.15) is 30.4 Å². The summed E-state index contributed by atoms with van der Waals surface area (Å²) in [6.45, 7) is 0.535. The molecule has 0 bridgehead atoms. The number of carbonyl (C=O) groups is 3. The molecule has 0 spiro atoms. The molecule has 0 saturated carbocycles. The van der Waals surface area contributed by atoms with Crippen LogP contribution < -0.4 is 5.32 Å². The minimum atomic E-state index is -1.09. The maximum Gasteiger partial charge on any atom is 0.410 e. The molecule has 2 atom stereocenters. The molecule has 1 heterocycles. The van der Waals surface area contributed by atoms with Crippen LogP contribution >= 0.6 is 0 Å². The number of aryl methyl sites for hydroxylation is 1. The predicted octanol–water partition coefficient (Wildman–Crippen LogP) is 2.99. The zero-order chi connectivity index (χ0) is 21.3. The molecule has 0 unspecified atom stereocenters. The number of carboxylic acids is 1. The van der Waals surface area contributed by atoms with Gasteiger partial charge in [-0.15, -0.1) is 0 Å². The summed E-state index contributed by atoms with van der Waals surface area (Å²) >= 11 is 0. The Bertz CT molecular complexity index is 856. The van der Waals surface area contributed by atoms with E-state index in [9.17, 15) is 19.5 Å². The predicted molar refractivity (Wildman–Crippen MR) is 111 cm³/mol. The molecule has 2 aromatic rings. The van der Waals surface area contributed by atoms with Crippen LogP contribution in [0, 0.1) is 0 Å². The van der Waals surface area contributed by atoms with Crippen LogP contribution in [-0.2, 0) is 27.4 Å². The van der Waals surface area contributed by atoms with Gasteiger partial charge in [0.2, 0.25) is 5.91 Å². The van der Waals surface area contributed by atoms with E-state index in [0.717, 1.165) is 11.1 Å². The van der Waals surface area contributed by atoms with Crippen LogP contribution in [0.15, 0.2) is 60.7 Å². The van der Waals surface area contributed by atoms with Gasteiger partial charge in [0.1, 0.15) is 18.7 Å². The second-order valence-corrected chi connectivity index (χ2v) is 7.32. The lowest BCUT2D eigenvalue weighted by molar-refractivity contribution is -0.142. The first kappa shape index (κ1) is 21.4. The number of hydrogen-bond donors (Lipinski definition) is 2. The molecule has 0 radical (unpaired) electrons. The highest BCUT2D eigenvalue weighted by molar-refractivity contribution is 5.89. The van der Waals surface area contributed by atoms with E-state index in [2.05, 4.69) is 5.32 Å². The van der Waals surface area contributed by atoms with Gasteiger partial charge in [0, 0.05) is 6.54 Å². The van der Waals surface area contributed by atoms with Crippen LogP contribution in [-0.4, -0.2) is 46.6 Å². The van der Waals surface area contributed by atoms with E-state index in [-0.39, 0.29) is 13.0 Å². The molecule has 1 aliphatic heterocycles. The molecule has 1 aliphatic rings. The second-order valence-electron chi connectivity index (χ2n) is 7.32. The Morgan fingerprint density at radius 2 is 1.67 bits per heavy atom. The van der Waals surface area contributed by atoms with Crippen LogP contribution in [0.3, 0.4) is 0 Å². The molecule has 1 fully saturated rings. The van der Waals surface area contributed by atoms with Crippen molar-refractivity contribution in [2.45, 2.75) is 44.4 Å². The van der Waals surface area contributed by atoms with E-state index in [4.69, 9.17) is 4.74 Å². The van der Waals surface area contributed by atoms with Gasteiger partial charge in [-0.1, -0.05) is 60.7 Å². The minimum absolute atomic E-state index is 0.124. The van der Waals surface area contributed by atoms with Crippen molar-refractivity contribution >= 4 is 18.0 Å². The minimum Gasteiger partial charge on any atom is -0.480 e. The van der Waals surface area contributed by atoms with E-state index in [1.165, 1.54) is 4.90 Å². The maximum absolute atomic E-state index is 12.7. The highest BCUT2D eigenvalue weighted by Gasteiger charge is 2.36. The first-order valence-electron chi connectivity index (χ1n) is 10.1. The average Bonchev–Trinajstić information content (AvgIpc) is 3.26. The number of hydrogen-bond acceptors (Lipinski definition) is 4. The van der Waals surface area contributed by atoms with E-state index in [0.29, 0.717) is 25.8 Å². The Labute approximate surface area is 175 Å². The van der Waals surface area contributed by atoms with Gasteiger partial charge in [0.15, 0.2) is 0 Å². The van der Waals surface area contributed by atoms with Gasteiger partial charge in [-0.2, -0.15) is 0 Å². The zero-order valence-electron chi connectivity index (χ0n) is 16.7. The Hall–Kier alpha value is -3.35. The summed E-state index contributed by atoms with van der Waals surface area (Å²) < 4.78 is 5.34. The van der Waals surface area contributed by atoms with Gasteiger partial charge in [-0.05, 0) is 36.8 Å². The lowest BCUT2D eigenvalue weighted by atomic mass is 10.0. The average molecular weight is 410 g/mol. The van der Waals surface area contributed by atoms with Crippen LogP contribution in [0.5, 0.6) is 0 Å². The fourth-order valence-corrected chi connectivity index (χ4v) is 3.54. The van der Waals surface area contributed by atoms with Crippen LogP contribution in [0.4, 0.5) is 4.79 Å². The molecule has 2 aromatic carbocycles. The van der Waals surface area contributed by atoms with Gasteiger partial charge < -0.3 is 15.2 Å². The Kier molecular flexibility index (Phi) is 7.43. The Morgan fingerprint density at radius 1 is 1.03 bits per heavy atom. The number of ether oxygens (including phenoxy) is 1. The normalized spacial score (nSPS) is 16.7. The molecule has 0 aromatic heterocycles. The number of carbonyl (C=O) groups excluding carboxylic acids is 2. The van der Waals surface area contributed by atoms with Crippen molar-refractivity contribution in [1.82, 2.24) is 10.2 Å². The standard InChI is InChI=1S/C23H26N2O5/c26-21(24-19(22(27)28)14-13-17-8-3-1-4-9-17)20-12-7-15-25(20)23(29)30-16-18-10-5-2-6-11-18/h1-6,8-11,19-20H,7,12-16H2,(H,24,26)(H,27,28)/t19-,20-/m1/s1. The number of nitrogens with one attached hydrogen (secondary N) is 1. The summed E-state index contributed by atoms with van der Waals surface area (Å²) in [4.78, 5) is 38.2. The number of benzene rings is 2. The Balaban J connectivity index is 1.55. The van der Waals surface area contributed by atoms with E-state index in [1.807, 2.05) is 60.7 Å². The van der Waals surface area contributed by atoms with Crippen LogP contribution in [0.2, 0.25) is 0 Å². The van der Waals surface area contributed by atoms with Crippen LogP contribution in [0.25, 0.3) is 0 Å². The molecule has 158 valence electrons. The fraction of sp³-hybridized carbons (Fsp3) is 0.348. The molecule has 0 aliphatic carbocycles. The summed E-state index contributed by atoms with van der Waals surface area (Å²) in [5.41, 5.74) is 1.86. The first-order valence-corrected chi connectivity index (χ1v) is 10.1. The summed E-state index contributed by atoms with van der Waals surface area (Å²) in [6, 6.07) is 17.1. The van der Waals surface area contributed by atoms with Crippen molar-refractivity contribution in [3.05, 3.63) is 71.8 Å². The number of aliphatic carboxylic acids is 1. The van der Waals surface area contributed by atoms with E-state index < -0.39 is 30.1 Å². The molecule has 2 amide bonds. The zero-order valence-corrected chi connectivity index (χ0v) is 16.7. The summed E-state index contributed by atoms with van der Waals surface area (Å²) in [6.07, 6.45) is 1.40.